The lowest BCUT2D eigenvalue weighted by atomic mass is 9.85. The molecule has 18 rings (SSSR count). The third kappa shape index (κ3) is 6.96. The first-order valence-electron chi connectivity index (χ1n) is 28.8. The van der Waals surface area contributed by atoms with Crippen LogP contribution in [-0.4, -0.2) is 25.2 Å². The van der Waals surface area contributed by atoms with Crippen molar-refractivity contribution in [2.75, 3.05) is 0 Å². The smallest absolute Gasteiger partial charge is 0.160 e. The number of aromatic nitrogens is 4. The number of imidazole rings is 1. The summed E-state index contributed by atoms with van der Waals surface area (Å²) in [5, 5.41) is 5.94. The maximum atomic E-state index is 5.78. The Kier molecular flexibility index (Phi) is 10.1. The molecule has 388 valence electrons. The van der Waals surface area contributed by atoms with Gasteiger partial charge in [0.05, 0.1) is 39.6 Å². The average molecular weight is 1070 g/mol. The molecule has 1 aliphatic heterocycles. The number of aliphatic imine (C=N–C) groups is 1. The van der Waals surface area contributed by atoms with Crippen molar-refractivity contribution in [3.8, 4) is 106 Å². The number of para-hydroxylation sites is 4. The van der Waals surface area contributed by atoms with Gasteiger partial charge in [-0.15, -0.1) is 0 Å². The fourth-order valence-electron chi connectivity index (χ4n) is 14.1. The Morgan fingerprint density at radius 2 is 0.857 bits per heavy atom. The van der Waals surface area contributed by atoms with Crippen LogP contribution in [0.25, 0.3) is 150 Å². The summed E-state index contributed by atoms with van der Waals surface area (Å²) in [4.78, 5) is 22.1. The van der Waals surface area contributed by atoms with Crippen LogP contribution in [0.15, 0.2) is 284 Å². The van der Waals surface area contributed by atoms with Crippen LogP contribution >= 0.6 is 0 Å². The fraction of sp³-hybridized carbons (Fsp3) is 0.0127. The molecule has 15 aromatic rings. The monoisotopic (exact) mass is 1070 g/mol. The molecule has 0 radical (unpaired) electrons. The van der Waals surface area contributed by atoms with Crippen molar-refractivity contribution in [1.82, 2.24) is 19.5 Å². The molecule has 0 amide bonds. The predicted molar refractivity (Wildman–Crippen MR) is 346 cm³/mol. The highest BCUT2D eigenvalue weighted by atomic mass is 15.1. The molecule has 0 saturated heterocycles. The normalized spacial score (nSPS) is 13.4. The molecule has 84 heavy (non-hydrogen) atoms. The van der Waals surface area contributed by atoms with Crippen LogP contribution in [0.1, 0.15) is 22.6 Å². The molecule has 3 aliphatic rings. The first-order valence-corrected chi connectivity index (χ1v) is 28.8. The predicted octanol–water partition coefficient (Wildman–Crippen LogP) is 20.2. The molecule has 5 heteroatoms. The molecule has 5 nitrogen and oxygen atoms in total. The second-order valence-electron chi connectivity index (χ2n) is 22.3. The highest BCUT2D eigenvalue weighted by Gasteiger charge is 2.31. The molecule has 3 heterocycles. The van der Waals surface area contributed by atoms with E-state index in [0.717, 1.165) is 95.0 Å². The van der Waals surface area contributed by atoms with Crippen LogP contribution in [0.2, 0.25) is 0 Å². The van der Waals surface area contributed by atoms with Crippen molar-refractivity contribution in [1.29, 1.82) is 0 Å². The number of hydrogen-bond acceptors (Lipinski definition) is 4. The van der Waals surface area contributed by atoms with Gasteiger partial charge in [0.1, 0.15) is 5.82 Å². The highest BCUT2D eigenvalue weighted by Crippen LogP contribution is 2.53. The van der Waals surface area contributed by atoms with Gasteiger partial charge >= 0.3 is 0 Å². The molecule has 0 bridgehead atoms. The van der Waals surface area contributed by atoms with E-state index in [4.69, 9.17) is 19.9 Å². The van der Waals surface area contributed by atoms with Gasteiger partial charge in [0, 0.05) is 33.3 Å². The van der Waals surface area contributed by atoms with Crippen LogP contribution in [0, 0.1) is 0 Å². The average Bonchev–Trinajstić information content (AvgIpc) is 4.00. The molecule has 2 aromatic heterocycles. The summed E-state index contributed by atoms with van der Waals surface area (Å²) in [5.41, 5.74) is 27.8. The second-order valence-corrected chi connectivity index (χ2v) is 22.3. The number of rotatable bonds is 8. The molecule has 2 aliphatic carbocycles. The summed E-state index contributed by atoms with van der Waals surface area (Å²) in [6, 6.07) is 101. The van der Waals surface area contributed by atoms with Gasteiger partial charge in [-0.1, -0.05) is 237 Å². The Bertz CT molecular complexity index is 5230. The zero-order chi connectivity index (χ0) is 55.0. The maximum Gasteiger partial charge on any atom is 0.160 e. The van der Waals surface area contributed by atoms with Crippen molar-refractivity contribution in [3.63, 3.8) is 0 Å². The first kappa shape index (κ1) is 46.6. The Morgan fingerprint density at radius 1 is 0.321 bits per heavy atom. The topological polar surface area (TPSA) is 56.0 Å². The molecule has 13 aromatic carbocycles. The van der Waals surface area contributed by atoms with Crippen LogP contribution in [0.4, 0.5) is 5.69 Å². The molecule has 0 spiro atoms. The minimum Gasteiger partial charge on any atom is -0.292 e. The van der Waals surface area contributed by atoms with Crippen molar-refractivity contribution >= 4 is 54.9 Å². The molecule has 1 unspecified atom stereocenters. The number of hydrogen-bond donors (Lipinski definition) is 0. The van der Waals surface area contributed by atoms with E-state index < -0.39 is 0 Å². The molecular formula is C79H47N5. The zero-order valence-corrected chi connectivity index (χ0v) is 45.4. The van der Waals surface area contributed by atoms with Crippen molar-refractivity contribution in [2.45, 2.75) is 5.92 Å². The summed E-state index contributed by atoms with van der Waals surface area (Å²) in [5.74, 6) is 1.52. The van der Waals surface area contributed by atoms with Crippen molar-refractivity contribution < 1.29 is 0 Å². The van der Waals surface area contributed by atoms with Crippen molar-refractivity contribution in [2.24, 2.45) is 4.99 Å². The van der Waals surface area contributed by atoms with Gasteiger partial charge in [0.15, 0.2) is 5.82 Å². The van der Waals surface area contributed by atoms with E-state index in [1.165, 1.54) is 77.2 Å². The van der Waals surface area contributed by atoms with Gasteiger partial charge in [0.2, 0.25) is 0 Å². The minimum absolute atomic E-state index is 0.00748. The highest BCUT2D eigenvalue weighted by molar-refractivity contribution is 6.22. The second kappa shape index (κ2) is 18.2. The molecule has 0 N–H and O–H groups in total. The molecule has 0 saturated carbocycles. The number of nitrogens with zero attached hydrogens (tertiary/aromatic N) is 5. The van der Waals surface area contributed by atoms with Crippen molar-refractivity contribution in [3.05, 3.63) is 296 Å². The van der Waals surface area contributed by atoms with Gasteiger partial charge < -0.3 is 0 Å². The Labute approximate surface area is 484 Å². The lowest BCUT2D eigenvalue weighted by molar-refractivity contribution is 1.10. The van der Waals surface area contributed by atoms with E-state index in [-0.39, 0.29) is 5.92 Å². The standard InChI is InChI=1S/C79H47N5/c1-3-17-47(18-4-1)72-66-25-11-12-30-69(66)80-76(72)49-35-33-48(34-36-49)75-68-46-52(54-41-43-64-57-23-9-7-21-55(57)61-27-15-26-60(54)73(61)64)45-67(59-42-44-65-58-24-10-8-22-56(58)62-28-16-29-63(59)74(62)65)77(68)83-78(82-75)50-37-39-51(40-38-50)79-81-70-31-13-14-32-71(70)84(79)53-19-5-2-6-20-53/h1-46,72H. The minimum atomic E-state index is 0.00748. The maximum absolute atomic E-state index is 5.78. The SMILES string of the molecule is c1ccc(C2C(c3ccc(-c4nc(-c5ccc(-c6nc7ccccc7n6-c6ccccc6)cc5)nc5c(-c6ccc7c8c(cccc68)-c6ccccc6-7)cc(-c6ccc7c8c(cccc68)-c6ccccc6-7)cc45)cc3)=Nc3ccccc32)cc1. The zero-order valence-electron chi connectivity index (χ0n) is 45.4. The van der Waals surface area contributed by atoms with E-state index in [1.807, 2.05) is 0 Å². The molecule has 1 atom stereocenters. The van der Waals surface area contributed by atoms with Gasteiger partial charge in [-0.25, -0.2) is 15.0 Å². The third-order valence-electron chi connectivity index (χ3n) is 17.8. The lowest BCUT2D eigenvalue weighted by Gasteiger charge is -2.18. The third-order valence-corrected chi connectivity index (χ3v) is 17.8. The van der Waals surface area contributed by atoms with Crippen LogP contribution < -0.4 is 0 Å². The van der Waals surface area contributed by atoms with E-state index >= 15 is 0 Å². The van der Waals surface area contributed by atoms with E-state index in [1.54, 1.807) is 0 Å². The van der Waals surface area contributed by atoms with Gasteiger partial charge in [-0.3, -0.25) is 9.56 Å². The summed E-state index contributed by atoms with van der Waals surface area (Å²) < 4.78 is 2.25. The van der Waals surface area contributed by atoms with Crippen LogP contribution in [0.5, 0.6) is 0 Å². The van der Waals surface area contributed by atoms with Gasteiger partial charge in [-0.05, 0) is 142 Å². The van der Waals surface area contributed by atoms with Gasteiger partial charge in [-0.2, -0.15) is 0 Å². The Hall–Kier alpha value is -11.1. The van der Waals surface area contributed by atoms with Crippen LogP contribution in [-0.2, 0) is 0 Å². The first-order chi connectivity index (χ1) is 41.7. The molecule has 0 fully saturated rings. The quantitative estimate of drug-likeness (QED) is 0.152. The summed E-state index contributed by atoms with van der Waals surface area (Å²) in [7, 11) is 0. The van der Waals surface area contributed by atoms with E-state index in [2.05, 4.69) is 284 Å². The largest absolute Gasteiger partial charge is 0.292 e. The summed E-state index contributed by atoms with van der Waals surface area (Å²) in [6.07, 6.45) is 0. The Morgan fingerprint density at radius 3 is 1.56 bits per heavy atom. The Balaban J connectivity index is 0.879. The lowest BCUT2D eigenvalue weighted by Crippen LogP contribution is -2.11. The van der Waals surface area contributed by atoms with Gasteiger partial charge in [0.25, 0.3) is 0 Å². The number of fused-ring (bicyclic) bond motifs is 9. The van der Waals surface area contributed by atoms with E-state index in [9.17, 15) is 0 Å². The fourth-order valence-corrected chi connectivity index (χ4v) is 14.1. The molecular weight excluding hydrogens is 1020 g/mol. The summed E-state index contributed by atoms with van der Waals surface area (Å²) >= 11 is 0. The summed E-state index contributed by atoms with van der Waals surface area (Å²) in [6.45, 7) is 0. The number of benzene rings is 13. The van der Waals surface area contributed by atoms with E-state index in [0.29, 0.717) is 5.82 Å². The van der Waals surface area contributed by atoms with Crippen LogP contribution in [0.3, 0.4) is 0 Å².